The molecule has 0 spiro atoms. The van der Waals surface area contributed by atoms with Gasteiger partial charge in [0.15, 0.2) is 0 Å². The molecule has 0 saturated heterocycles. The van der Waals surface area contributed by atoms with Crippen molar-refractivity contribution in [3.05, 3.63) is 80.4 Å². The van der Waals surface area contributed by atoms with Gasteiger partial charge in [-0.1, -0.05) is 53.5 Å². The van der Waals surface area contributed by atoms with E-state index in [9.17, 15) is 0 Å². The molecule has 4 aromatic rings. The zero-order valence-corrected chi connectivity index (χ0v) is 18.0. The van der Waals surface area contributed by atoms with Gasteiger partial charge in [0.25, 0.3) is 0 Å². The molecule has 0 aliphatic heterocycles. The minimum Gasteiger partial charge on any atom is -0.339 e. The number of nitrogens with zero attached hydrogens (tertiary/aromatic N) is 2. The number of benzene rings is 2. The number of thiophene rings is 1. The maximum absolute atomic E-state index is 6.21. The monoisotopic (exact) mass is 439 g/mol. The van der Waals surface area contributed by atoms with Gasteiger partial charge in [-0.05, 0) is 55.0 Å². The van der Waals surface area contributed by atoms with Crippen molar-refractivity contribution in [1.29, 1.82) is 0 Å². The largest absolute Gasteiger partial charge is 0.339 e. The Balaban J connectivity index is 1.63. The highest BCUT2D eigenvalue weighted by molar-refractivity contribution is 7.19. The van der Waals surface area contributed by atoms with Crippen LogP contribution in [0.15, 0.2) is 48.5 Å². The van der Waals surface area contributed by atoms with E-state index in [4.69, 9.17) is 33.2 Å². The molecule has 0 radical (unpaired) electrons. The van der Waals surface area contributed by atoms with Gasteiger partial charge >= 0.3 is 0 Å². The SMILES string of the molecule is Clc1cc(Cl)cc(Nc2nc(Cc3ccccc3)nc3sc4c(c23)CCCC4)c1. The van der Waals surface area contributed by atoms with E-state index in [0.29, 0.717) is 16.5 Å². The molecule has 0 saturated carbocycles. The van der Waals surface area contributed by atoms with Crippen molar-refractivity contribution in [2.45, 2.75) is 32.1 Å². The first-order valence-electron chi connectivity index (χ1n) is 9.74. The van der Waals surface area contributed by atoms with Crippen molar-refractivity contribution < 1.29 is 0 Å². The Morgan fingerprint density at radius 2 is 1.69 bits per heavy atom. The van der Waals surface area contributed by atoms with Crippen molar-refractivity contribution in [2.24, 2.45) is 0 Å². The van der Waals surface area contributed by atoms with E-state index in [1.807, 2.05) is 41.7 Å². The van der Waals surface area contributed by atoms with Gasteiger partial charge in [-0.25, -0.2) is 9.97 Å². The molecule has 29 heavy (non-hydrogen) atoms. The minimum absolute atomic E-state index is 0.599. The fourth-order valence-electron chi connectivity index (χ4n) is 3.91. The summed E-state index contributed by atoms with van der Waals surface area (Å²) in [7, 11) is 0. The lowest BCUT2D eigenvalue weighted by Gasteiger charge is -2.14. The molecule has 0 amide bonds. The van der Waals surface area contributed by atoms with Gasteiger partial charge in [-0.15, -0.1) is 11.3 Å². The molecule has 3 nitrogen and oxygen atoms in total. The lowest BCUT2D eigenvalue weighted by molar-refractivity contribution is 0.700. The number of nitrogens with one attached hydrogen (secondary N) is 1. The fraction of sp³-hybridized carbons (Fsp3) is 0.217. The lowest BCUT2D eigenvalue weighted by atomic mass is 9.97. The van der Waals surface area contributed by atoms with Gasteiger partial charge in [-0.2, -0.15) is 0 Å². The molecule has 2 aromatic heterocycles. The average molecular weight is 440 g/mol. The predicted molar refractivity (Wildman–Crippen MR) is 123 cm³/mol. The van der Waals surface area contributed by atoms with Crippen molar-refractivity contribution in [3.8, 4) is 0 Å². The Kier molecular flexibility index (Phi) is 5.17. The van der Waals surface area contributed by atoms with Crippen molar-refractivity contribution >= 4 is 56.3 Å². The highest BCUT2D eigenvalue weighted by Gasteiger charge is 2.21. The second kappa shape index (κ2) is 7.94. The smallest absolute Gasteiger partial charge is 0.143 e. The van der Waals surface area contributed by atoms with E-state index in [0.717, 1.165) is 40.4 Å². The number of hydrogen-bond donors (Lipinski definition) is 1. The molecule has 2 heterocycles. The highest BCUT2D eigenvalue weighted by Crippen LogP contribution is 2.40. The minimum atomic E-state index is 0.599. The molecule has 1 N–H and O–H groups in total. The van der Waals surface area contributed by atoms with Crippen LogP contribution in [0.1, 0.15) is 34.7 Å². The van der Waals surface area contributed by atoms with Gasteiger partial charge in [0.05, 0.1) is 5.39 Å². The zero-order chi connectivity index (χ0) is 19.8. The summed E-state index contributed by atoms with van der Waals surface area (Å²) >= 11 is 14.2. The number of fused-ring (bicyclic) bond motifs is 3. The van der Waals surface area contributed by atoms with Gasteiger partial charge in [0.1, 0.15) is 16.5 Å². The molecular weight excluding hydrogens is 421 g/mol. The van der Waals surface area contributed by atoms with Crippen LogP contribution in [0.2, 0.25) is 10.0 Å². The first-order chi connectivity index (χ1) is 14.2. The molecule has 1 aliphatic carbocycles. The van der Waals surface area contributed by atoms with Crippen LogP contribution in [-0.2, 0) is 19.3 Å². The maximum atomic E-state index is 6.21. The van der Waals surface area contributed by atoms with Crippen molar-refractivity contribution in [3.63, 3.8) is 0 Å². The highest BCUT2D eigenvalue weighted by atomic mass is 35.5. The van der Waals surface area contributed by atoms with Crippen molar-refractivity contribution in [1.82, 2.24) is 9.97 Å². The maximum Gasteiger partial charge on any atom is 0.143 e. The third-order valence-electron chi connectivity index (χ3n) is 5.19. The molecule has 0 bridgehead atoms. The second-order valence-corrected chi connectivity index (χ2v) is 9.28. The Bertz CT molecular complexity index is 1170. The summed E-state index contributed by atoms with van der Waals surface area (Å²) in [5, 5.41) is 5.83. The molecule has 0 fully saturated rings. The lowest BCUT2D eigenvalue weighted by Crippen LogP contribution is -2.04. The van der Waals surface area contributed by atoms with E-state index >= 15 is 0 Å². The average Bonchev–Trinajstić information content (AvgIpc) is 3.06. The molecule has 146 valence electrons. The molecule has 6 heteroatoms. The number of aromatic nitrogens is 2. The van der Waals surface area contributed by atoms with Crippen LogP contribution >= 0.6 is 34.5 Å². The standard InChI is InChI=1S/C23H19Cl2N3S/c24-15-11-16(25)13-17(12-15)26-22-21-18-8-4-5-9-19(18)29-23(21)28-20(27-22)10-14-6-2-1-3-7-14/h1-3,6-7,11-13H,4-5,8-10H2,(H,26,27,28). The summed E-state index contributed by atoms with van der Waals surface area (Å²) in [6.45, 7) is 0. The summed E-state index contributed by atoms with van der Waals surface area (Å²) in [4.78, 5) is 12.4. The first kappa shape index (κ1) is 18.9. The van der Waals surface area contributed by atoms with E-state index in [1.54, 1.807) is 6.07 Å². The van der Waals surface area contributed by atoms with Gasteiger partial charge < -0.3 is 5.32 Å². The molecule has 0 unspecified atom stereocenters. The number of rotatable bonds is 4. The number of anilines is 2. The Hall–Kier alpha value is -2.14. The van der Waals surface area contributed by atoms with Crippen LogP contribution in [-0.4, -0.2) is 9.97 Å². The third-order valence-corrected chi connectivity index (χ3v) is 6.81. The van der Waals surface area contributed by atoms with Crippen LogP contribution < -0.4 is 5.32 Å². The van der Waals surface area contributed by atoms with E-state index in [-0.39, 0.29) is 0 Å². The number of hydrogen-bond acceptors (Lipinski definition) is 4. The third kappa shape index (κ3) is 3.97. The van der Waals surface area contributed by atoms with Gasteiger partial charge in [0.2, 0.25) is 0 Å². The Morgan fingerprint density at radius 1 is 0.931 bits per heavy atom. The summed E-state index contributed by atoms with van der Waals surface area (Å²) < 4.78 is 0. The second-order valence-electron chi connectivity index (χ2n) is 7.32. The van der Waals surface area contributed by atoms with Crippen LogP contribution in [0, 0.1) is 0 Å². The Labute approximate surface area is 183 Å². The fourth-order valence-corrected chi connectivity index (χ4v) is 5.72. The summed E-state index contributed by atoms with van der Waals surface area (Å²) in [5.41, 5.74) is 3.44. The van der Waals surface area contributed by atoms with Gasteiger partial charge in [-0.3, -0.25) is 0 Å². The quantitative estimate of drug-likeness (QED) is 0.364. The number of halogens is 2. The normalized spacial score (nSPS) is 13.4. The summed E-state index contributed by atoms with van der Waals surface area (Å²) in [6.07, 6.45) is 5.38. The van der Waals surface area contributed by atoms with Crippen LogP contribution in [0.5, 0.6) is 0 Å². The van der Waals surface area contributed by atoms with E-state index in [2.05, 4.69) is 17.4 Å². The molecule has 1 aliphatic rings. The molecule has 0 atom stereocenters. The van der Waals surface area contributed by atoms with Crippen molar-refractivity contribution in [2.75, 3.05) is 5.32 Å². The molecule has 2 aromatic carbocycles. The summed E-state index contributed by atoms with van der Waals surface area (Å²) in [6, 6.07) is 15.8. The van der Waals surface area contributed by atoms with Crippen LogP contribution in [0.3, 0.4) is 0 Å². The zero-order valence-electron chi connectivity index (χ0n) is 15.7. The Morgan fingerprint density at radius 3 is 2.48 bits per heavy atom. The van der Waals surface area contributed by atoms with E-state index in [1.165, 1.54) is 28.8 Å². The predicted octanol–water partition coefficient (Wildman–Crippen LogP) is 7.21. The summed E-state index contributed by atoms with van der Waals surface area (Å²) in [5.74, 6) is 1.66. The topological polar surface area (TPSA) is 37.8 Å². The number of aryl methyl sites for hydroxylation is 2. The van der Waals surface area contributed by atoms with Gasteiger partial charge in [0, 0.05) is 27.0 Å². The van der Waals surface area contributed by atoms with E-state index < -0.39 is 0 Å². The molecular formula is C23H19Cl2N3S. The molecule has 5 rings (SSSR count). The first-order valence-corrected chi connectivity index (χ1v) is 11.3. The van der Waals surface area contributed by atoms with Crippen LogP contribution in [0.25, 0.3) is 10.2 Å². The van der Waals surface area contributed by atoms with Crippen LogP contribution in [0.4, 0.5) is 11.5 Å².